The number of amides is 2. The molecule has 0 spiro atoms. The quantitative estimate of drug-likeness (QED) is 0.431. The number of fused-ring (bicyclic) bond motifs is 1. The van der Waals surface area contributed by atoms with Gasteiger partial charge in [-0.2, -0.15) is 13.2 Å². The number of carbonyl (C=O) groups is 2. The van der Waals surface area contributed by atoms with Gasteiger partial charge in [-0.3, -0.25) is 9.59 Å². The van der Waals surface area contributed by atoms with Crippen molar-refractivity contribution in [2.45, 2.75) is 32.5 Å². The van der Waals surface area contributed by atoms with Crippen LogP contribution in [0.4, 0.5) is 23.2 Å². The van der Waals surface area contributed by atoms with Crippen LogP contribution in [0.5, 0.6) is 0 Å². The minimum Gasteiger partial charge on any atom is -0.334 e. The average Bonchev–Trinajstić information content (AvgIpc) is 2.80. The van der Waals surface area contributed by atoms with E-state index in [0.29, 0.717) is 41.9 Å². The van der Waals surface area contributed by atoms with E-state index in [0.717, 1.165) is 28.8 Å². The van der Waals surface area contributed by atoms with Gasteiger partial charge in [-0.15, -0.1) is 0 Å². The van der Waals surface area contributed by atoms with Gasteiger partial charge in [0.15, 0.2) is 0 Å². The van der Waals surface area contributed by atoms with Crippen LogP contribution in [0, 0.1) is 12.7 Å². The lowest BCUT2D eigenvalue weighted by Crippen LogP contribution is -2.36. The Balaban J connectivity index is 1.49. The minimum atomic E-state index is -4.80. The van der Waals surface area contributed by atoms with Gasteiger partial charge in [0, 0.05) is 29.4 Å². The van der Waals surface area contributed by atoms with Crippen LogP contribution < -0.4 is 5.32 Å². The lowest BCUT2D eigenvalue weighted by molar-refractivity contribution is -0.140. The Bertz CT molecular complexity index is 1290. The second-order valence-corrected chi connectivity index (χ2v) is 8.85. The fourth-order valence-corrected chi connectivity index (χ4v) is 4.29. The van der Waals surface area contributed by atoms with Crippen LogP contribution in [0.1, 0.15) is 38.2 Å². The molecule has 0 fully saturated rings. The van der Waals surface area contributed by atoms with Crippen LogP contribution in [-0.2, 0) is 30.4 Å². The number of hydrogen-bond acceptors (Lipinski definition) is 2. The molecule has 35 heavy (non-hydrogen) atoms. The average molecular weight is 505 g/mol. The number of alkyl halides is 3. The van der Waals surface area contributed by atoms with Crippen LogP contribution >= 0.6 is 11.6 Å². The maximum atomic E-state index is 13.9. The summed E-state index contributed by atoms with van der Waals surface area (Å²) in [6.45, 7) is 2.65. The van der Waals surface area contributed by atoms with E-state index < -0.39 is 23.5 Å². The van der Waals surface area contributed by atoms with E-state index >= 15 is 0 Å². The number of aryl methyl sites for hydroxylation is 1. The van der Waals surface area contributed by atoms with Gasteiger partial charge in [-0.05, 0) is 72.0 Å². The van der Waals surface area contributed by atoms with Crippen molar-refractivity contribution in [2.24, 2.45) is 0 Å². The van der Waals surface area contributed by atoms with E-state index in [9.17, 15) is 27.2 Å². The zero-order chi connectivity index (χ0) is 25.3. The molecule has 9 heteroatoms. The first-order valence-corrected chi connectivity index (χ1v) is 11.2. The first-order valence-electron chi connectivity index (χ1n) is 10.8. The number of rotatable bonds is 4. The summed E-state index contributed by atoms with van der Waals surface area (Å²) in [5, 5.41) is 3.37. The van der Waals surface area contributed by atoms with E-state index in [-0.39, 0.29) is 17.9 Å². The van der Waals surface area contributed by atoms with Gasteiger partial charge in [0.25, 0.3) is 5.91 Å². The molecule has 3 aromatic carbocycles. The number of hydrogen-bond donors (Lipinski definition) is 1. The molecular formula is C26H21ClF4N2O2. The number of halogens is 5. The van der Waals surface area contributed by atoms with Gasteiger partial charge in [0.2, 0.25) is 5.91 Å². The zero-order valence-electron chi connectivity index (χ0n) is 18.7. The topological polar surface area (TPSA) is 49.4 Å². The SMILES string of the molecule is Cc1ccc2c(c1NC(=O)Cc1ccc(C(F)(F)F)c(F)c1)CCN(C(=O)c1ccc(Cl)cc1)C2. The molecule has 1 aliphatic rings. The number of carbonyl (C=O) groups excluding carboxylic acids is 2. The van der Waals surface area contributed by atoms with Crippen LogP contribution in [0.25, 0.3) is 0 Å². The van der Waals surface area contributed by atoms with Crippen molar-refractivity contribution in [1.29, 1.82) is 0 Å². The second-order valence-electron chi connectivity index (χ2n) is 8.42. The van der Waals surface area contributed by atoms with Crippen molar-refractivity contribution in [1.82, 2.24) is 4.90 Å². The summed E-state index contributed by atoms with van der Waals surface area (Å²) >= 11 is 5.90. The molecule has 0 radical (unpaired) electrons. The molecule has 0 saturated heterocycles. The minimum absolute atomic E-state index is 0.122. The molecule has 0 saturated carbocycles. The van der Waals surface area contributed by atoms with E-state index in [2.05, 4.69) is 5.32 Å². The number of anilines is 1. The van der Waals surface area contributed by atoms with Gasteiger partial charge < -0.3 is 10.2 Å². The third-order valence-corrected chi connectivity index (χ3v) is 6.21. The Morgan fingerprint density at radius 2 is 1.77 bits per heavy atom. The van der Waals surface area contributed by atoms with E-state index in [1.807, 2.05) is 19.1 Å². The molecule has 1 N–H and O–H groups in total. The fraction of sp³-hybridized carbons (Fsp3) is 0.231. The molecule has 0 atom stereocenters. The number of nitrogens with one attached hydrogen (secondary N) is 1. The summed E-state index contributed by atoms with van der Waals surface area (Å²) in [6.07, 6.45) is -4.56. The van der Waals surface area contributed by atoms with Crippen LogP contribution in [0.15, 0.2) is 54.6 Å². The molecule has 4 rings (SSSR count). The van der Waals surface area contributed by atoms with Crippen molar-refractivity contribution >= 4 is 29.1 Å². The van der Waals surface area contributed by atoms with E-state index in [1.165, 1.54) is 0 Å². The molecule has 0 aliphatic carbocycles. The standard InChI is InChI=1S/C26H21ClF4N2O2/c1-15-2-4-18-14-33(25(35)17-5-7-19(27)8-6-17)11-10-20(18)24(15)32-23(34)13-16-3-9-21(22(28)12-16)26(29,30)31/h2-9,12H,10-11,13-14H2,1H3,(H,32,34). The molecule has 0 unspecified atom stereocenters. The largest absolute Gasteiger partial charge is 0.419 e. The summed E-state index contributed by atoms with van der Waals surface area (Å²) in [5.41, 5.74) is 2.51. The highest BCUT2D eigenvalue weighted by atomic mass is 35.5. The molecule has 182 valence electrons. The van der Waals surface area contributed by atoms with Gasteiger partial charge in [0.1, 0.15) is 5.82 Å². The lowest BCUT2D eigenvalue weighted by atomic mass is 9.94. The molecule has 3 aromatic rings. The smallest absolute Gasteiger partial charge is 0.334 e. The van der Waals surface area contributed by atoms with Crippen LogP contribution in [0.3, 0.4) is 0 Å². The van der Waals surface area contributed by atoms with Gasteiger partial charge in [0.05, 0.1) is 12.0 Å². The monoisotopic (exact) mass is 504 g/mol. The lowest BCUT2D eigenvalue weighted by Gasteiger charge is -2.31. The molecule has 0 bridgehead atoms. The van der Waals surface area contributed by atoms with Crippen molar-refractivity contribution in [3.05, 3.63) is 98.8 Å². The summed E-state index contributed by atoms with van der Waals surface area (Å²) in [7, 11) is 0. The number of nitrogens with zero attached hydrogens (tertiary/aromatic N) is 1. The maximum Gasteiger partial charge on any atom is 0.419 e. The Morgan fingerprint density at radius 3 is 2.43 bits per heavy atom. The predicted molar refractivity (Wildman–Crippen MR) is 125 cm³/mol. The Labute approximate surface area is 204 Å². The van der Waals surface area contributed by atoms with E-state index in [4.69, 9.17) is 11.6 Å². The Hall–Kier alpha value is -3.39. The van der Waals surface area contributed by atoms with Gasteiger partial charge in [-0.25, -0.2) is 4.39 Å². The first kappa shape index (κ1) is 24.7. The summed E-state index contributed by atoms with van der Waals surface area (Å²) in [6, 6.07) is 12.9. The summed E-state index contributed by atoms with van der Waals surface area (Å²) < 4.78 is 52.2. The first-order chi connectivity index (χ1) is 16.5. The second kappa shape index (κ2) is 9.70. The van der Waals surface area contributed by atoms with Crippen molar-refractivity contribution in [3.63, 3.8) is 0 Å². The zero-order valence-corrected chi connectivity index (χ0v) is 19.4. The molecule has 2 amide bonds. The maximum absolute atomic E-state index is 13.9. The van der Waals surface area contributed by atoms with Crippen molar-refractivity contribution in [3.8, 4) is 0 Å². The third-order valence-electron chi connectivity index (χ3n) is 5.96. The molecular weight excluding hydrogens is 484 g/mol. The van der Waals surface area contributed by atoms with E-state index in [1.54, 1.807) is 29.2 Å². The highest BCUT2D eigenvalue weighted by Gasteiger charge is 2.34. The van der Waals surface area contributed by atoms with Crippen molar-refractivity contribution in [2.75, 3.05) is 11.9 Å². The highest BCUT2D eigenvalue weighted by Crippen LogP contribution is 2.32. The molecule has 1 heterocycles. The molecule has 1 aliphatic heterocycles. The third kappa shape index (κ3) is 5.48. The normalized spacial score (nSPS) is 13.4. The summed E-state index contributed by atoms with van der Waals surface area (Å²) in [5.74, 6) is -2.01. The fourth-order valence-electron chi connectivity index (χ4n) is 4.16. The molecule has 0 aromatic heterocycles. The Morgan fingerprint density at radius 1 is 1.06 bits per heavy atom. The van der Waals surface area contributed by atoms with Gasteiger partial charge in [-0.1, -0.05) is 29.8 Å². The number of benzene rings is 3. The summed E-state index contributed by atoms with van der Waals surface area (Å²) in [4.78, 5) is 27.3. The highest BCUT2D eigenvalue weighted by molar-refractivity contribution is 6.30. The van der Waals surface area contributed by atoms with Gasteiger partial charge >= 0.3 is 6.18 Å². The predicted octanol–water partition coefficient (Wildman–Crippen LogP) is 6.19. The molecule has 4 nitrogen and oxygen atoms in total. The van der Waals surface area contributed by atoms with Crippen LogP contribution in [0.2, 0.25) is 5.02 Å². The Kier molecular flexibility index (Phi) is 6.85. The van der Waals surface area contributed by atoms with Crippen molar-refractivity contribution < 1.29 is 27.2 Å². The van der Waals surface area contributed by atoms with Crippen LogP contribution in [-0.4, -0.2) is 23.3 Å².